The molecule has 0 radical (unpaired) electrons. The Balaban J connectivity index is 1.72. The van der Waals surface area contributed by atoms with Gasteiger partial charge in [0, 0.05) is 10.7 Å². The second-order valence-corrected chi connectivity index (χ2v) is 9.65. The Morgan fingerprint density at radius 1 is 0.906 bits per heavy atom. The standard InChI is InChI=1S/C24H23ClN4O2S/c1-3-16(2)17-11-13-19(14-12-17)26-23-24(28-22-10-5-4-9-21(22)27-23)29-32(30,31)20-8-6-7-18(25)15-20/h4-16H,3H2,1-2H3,(H,26,27)(H,28,29). The molecule has 0 aliphatic heterocycles. The molecule has 8 heteroatoms. The Kier molecular flexibility index (Phi) is 6.30. The van der Waals surface area contributed by atoms with Crippen LogP contribution in [-0.2, 0) is 10.0 Å². The molecule has 2 N–H and O–H groups in total. The number of hydrogen-bond donors (Lipinski definition) is 2. The minimum atomic E-state index is -3.92. The maximum Gasteiger partial charge on any atom is 0.263 e. The molecule has 0 bridgehead atoms. The van der Waals surface area contributed by atoms with Gasteiger partial charge in [-0.1, -0.05) is 55.8 Å². The molecule has 0 aliphatic rings. The van der Waals surface area contributed by atoms with Crippen LogP contribution in [0.5, 0.6) is 0 Å². The highest BCUT2D eigenvalue weighted by Crippen LogP contribution is 2.28. The first-order chi connectivity index (χ1) is 15.4. The summed E-state index contributed by atoms with van der Waals surface area (Å²) in [6.07, 6.45) is 1.05. The second kappa shape index (κ2) is 9.14. The molecule has 1 heterocycles. The van der Waals surface area contributed by atoms with Crippen LogP contribution in [0.1, 0.15) is 31.7 Å². The van der Waals surface area contributed by atoms with Gasteiger partial charge in [-0.25, -0.2) is 18.4 Å². The molecule has 0 aliphatic carbocycles. The van der Waals surface area contributed by atoms with Gasteiger partial charge in [0.15, 0.2) is 11.6 Å². The molecular formula is C24H23ClN4O2S. The van der Waals surface area contributed by atoms with Gasteiger partial charge in [-0.15, -0.1) is 0 Å². The lowest BCUT2D eigenvalue weighted by atomic mass is 9.99. The summed E-state index contributed by atoms with van der Waals surface area (Å²) in [5, 5.41) is 3.54. The number of para-hydroxylation sites is 2. The molecule has 1 atom stereocenters. The number of benzene rings is 3. The van der Waals surface area contributed by atoms with Crippen molar-refractivity contribution in [3.05, 3.63) is 83.4 Å². The van der Waals surface area contributed by atoms with Crippen molar-refractivity contribution < 1.29 is 8.42 Å². The minimum absolute atomic E-state index is 0.0452. The van der Waals surface area contributed by atoms with E-state index in [4.69, 9.17) is 11.6 Å². The number of fused-ring (bicyclic) bond motifs is 1. The smallest absolute Gasteiger partial charge is 0.263 e. The predicted octanol–water partition coefficient (Wildman–Crippen LogP) is 6.34. The maximum absolute atomic E-state index is 13.0. The molecule has 0 spiro atoms. The van der Waals surface area contributed by atoms with Crippen molar-refractivity contribution in [1.82, 2.24) is 9.97 Å². The molecule has 164 valence electrons. The molecule has 4 aromatic rings. The third-order valence-corrected chi connectivity index (χ3v) is 6.83. The van der Waals surface area contributed by atoms with Crippen LogP contribution in [0.4, 0.5) is 17.3 Å². The van der Waals surface area contributed by atoms with E-state index < -0.39 is 10.0 Å². The molecule has 32 heavy (non-hydrogen) atoms. The van der Waals surface area contributed by atoms with Crippen molar-refractivity contribution in [2.45, 2.75) is 31.1 Å². The number of hydrogen-bond acceptors (Lipinski definition) is 5. The van der Waals surface area contributed by atoms with Gasteiger partial charge in [0.1, 0.15) is 0 Å². The van der Waals surface area contributed by atoms with E-state index in [-0.39, 0.29) is 10.7 Å². The highest BCUT2D eigenvalue weighted by atomic mass is 35.5. The Bertz CT molecular complexity index is 1360. The zero-order valence-corrected chi connectivity index (χ0v) is 19.3. The fraction of sp³-hybridized carbons (Fsp3) is 0.167. The molecule has 0 saturated heterocycles. The molecule has 3 aromatic carbocycles. The fourth-order valence-corrected chi connectivity index (χ4v) is 4.56. The van der Waals surface area contributed by atoms with Crippen LogP contribution in [0, 0.1) is 0 Å². The van der Waals surface area contributed by atoms with Crippen molar-refractivity contribution in [3.63, 3.8) is 0 Å². The Morgan fingerprint density at radius 2 is 1.56 bits per heavy atom. The summed E-state index contributed by atoms with van der Waals surface area (Å²) >= 11 is 5.98. The van der Waals surface area contributed by atoms with Crippen molar-refractivity contribution in [2.75, 3.05) is 10.0 Å². The predicted molar refractivity (Wildman–Crippen MR) is 130 cm³/mol. The average Bonchev–Trinajstić information content (AvgIpc) is 2.79. The summed E-state index contributed by atoms with van der Waals surface area (Å²) in [7, 11) is -3.92. The average molecular weight is 467 g/mol. The van der Waals surface area contributed by atoms with Gasteiger partial charge in [-0.05, 0) is 60.4 Å². The summed E-state index contributed by atoms with van der Waals surface area (Å²) in [6.45, 7) is 4.33. The lowest BCUT2D eigenvalue weighted by Gasteiger charge is -2.15. The number of halogens is 1. The third kappa shape index (κ3) is 4.84. The summed E-state index contributed by atoms with van der Waals surface area (Å²) in [5.74, 6) is 0.879. The van der Waals surface area contributed by atoms with Crippen LogP contribution >= 0.6 is 11.6 Å². The molecule has 0 amide bonds. The van der Waals surface area contributed by atoms with E-state index in [0.29, 0.717) is 27.8 Å². The van der Waals surface area contributed by atoms with Crippen LogP contribution in [-0.4, -0.2) is 18.4 Å². The van der Waals surface area contributed by atoms with E-state index in [1.807, 2.05) is 30.3 Å². The summed E-state index contributed by atoms with van der Waals surface area (Å²) < 4.78 is 28.5. The Labute approximate surface area is 192 Å². The monoisotopic (exact) mass is 466 g/mol. The molecule has 1 unspecified atom stereocenters. The van der Waals surface area contributed by atoms with Gasteiger partial charge in [-0.2, -0.15) is 0 Å². The quantitative estimate of drug-likeness (QED) is 0.332. The lowest BCUT2D eigenvalue weighted by Crippen LogP contribution is -2.16. The third-order valence-electron chi connectivity index (χ3n) is 5.26. The largest absolute Gasteiger partial charge is 0.337 e. The van der Waals surface area contributed by atoms with E-state index in [1.54, 1.807) is 18.2 Å². The van der Waals surface area contributed by atoms with Gasteiger partial charge in [0.05, 0.1) is 15.9 Å². The van der Waals surface area contributed by atoms with E-state index in [0.717, 1.165) is 12.1 Å². The second-order valence-electron chi connectivity index (χ2n) is 7.53. The lowest BCUT2D eigenvalue weighted by molar-refractivity contribution is 0.601. The van der Waals surface area contributed by atoms with E-state index in [2.05, 4.69) is 46.0 Å². The van der Waals surface area contributed by atoms with E-state index in [1.165, 1.54) is 17.7 Å². The fourth-order valence-electron chi connectivity index (χ4n) is 3.25. The van der Waals surface area contributed by atoms with Crippen molar-refractivity contribution in [3.8, 4) is 0 Å². The van der Waals surface area contributed by atoms with Crippen molar-refractivity contribution in [2.24, 2.45) is 0 Å². The molecule has 0 fully saturated rings. The number of sulfonamides is 1. The Hall–Kier alpha value is -3.16. The van der Waals surface area contributed by atoms with Gasteiger partial charge in [0.2, 0.25) is 0 Å². The summed E-state index contributed by atoms with van der Waals surface area (Å²) in [6, 6.07) is 21.4. The zero-order valence-electron chi connectivity index (χ0n) is 17.7. The molecule has 6 nitrogen and oxygen atoms in total. The van der Waals surface area contributed by atoms with E-state index >= 15 is 0 Å². The van der Waals surface area contributed by atoms with Crippen LogP contribution in [0.15, 0.2) is 77.7 Å². The number of nitrogens with one attached hydrogen (secondary N) is 2. The first-order valence-corrected chi connectivity index (χ1v) is 12.1. The first-order valence-electron chi connectivity index (χ1n) is 10.3. The van der Waals surface area contributed by atoms with Crippen molar-refractivity contribution >= 4 is 50.0 Å². The van der Waals surface area contributed by atoms with Gasteiger partial charge in [-0.3, -0.25) is 4.72 Å². The number of aromatic nitrogens is 2. The van der Waals surface area contributed by atoms with Crippen LogP contribution in [0.25, 0.3) is 11.0 Å². The highest BCUT2D eigenvalue weighted by Gasteiger charge is 2.19. The number of nitrogens with zero attached hydrogens (tertiary/aromatic N) is 2. The van der Waals surface area contributed by atoms with Gasteiger partial charge in [0.25, 0.3) is 10.0 Å². The van der Waals surface area contributed by atoms with Crippen LogP contribution < -0.4 is 10.0 Å². The minimum Gasteiger partial charge on any atom is -0.337 e. The normalized spacial score (nSPS) is 12.5. The highest BCUT2D eigenvalue weighted by molar-refractivity contribution is 7.92. The van der Waals surface area contributed by atoms with Gasteiger partial charge < -0.3 is 5.32 Å². The van der Waals surface area contributed by atoms with Crippen LogP contribution in [0.2, 0.25) is 5.02 Å². The molecule has 0 saturated carbocycles. The molecule has 4 rings (SSSR count). The summed E-state index contributed by atoms with van der Waals surface area (Å²) in [4.78, 5) is 9.17. The first kappa shape index (κ1) is 22.0. The van der Waals surface area contributed by atoms with Gasteiger partial charge >= 0.3 is 0 Å². The zero-order chi connectivity index (χ0) is 22.7. The molecular weight excluding hydrogens is 444 g/mol. The van der Waals surface area contributed by atoms with E-state index in [9.17, 15) is 8.42 Å². The SMILES string of the molecule is CCC(C)c1ccc(Nc2nc3ccccc3nc2NS(=O)(=O)c2cccc(Cl)c2)cc1. The van der Waals surface area contributed by atoms with Crippen molar-refractivity contribution in [1.29, 1.82) is 0 Å². The van der Waals surface area contributed by atoms with Crippen LogP contribution in [0.3, 0.4) is 0 Å². The summed E-state index contributed by atoms with van der Waals surface area (Å²) in [5.41, 5.74) is 3.25. The molecule has 1 aromatic heterocycles. The number of anilines is 3. The topological polar surface area (TPSA) is 84.0 Å². The number of rotatable bonds is 7. The maximum atomic E-state index is 13.0. The Morgan fingerprint density at radius 3 is 2.19 bits per heavy atom.